The fourth-order valence-corrected chi connectivity index (χ4v) is 4.50. The van der Waals surface area contributed by atoms with Gasteiger partial charge in [0, 0.05) is 34.2 Å². The van der Waals surface area contributed by atoms with Gasteiger partial charge in [-0.15, -0.1) is 0 Å². The Hall–Kier alpha value is -3.41. The number of hydrogen-bond donors (Lipinski definition) is 1. The van der Waals surface area contributed by atoms with E-state index in [1.807, 2.05) is 0 Å². The molecule has 2 aromatic heterocycles. The largest absolute Gasteiger partial charge is 0.383 e. The summed E-state index contributed by atoms with van der Waals surface area (Å²) in [5.41, 5.74) is 5.71. The van der Waals surface area contributed by atoms with E-state index in [4.69, 9.17) is 18.3 Å². The molecule has 1 aliphatic heterocycles. The molecule has 8 nitrogen and oxygen atoms in total. The number of nitrogen functional groups attached to an aromatic ring is 1. The molecule has 2 radical (unpaired) electrons. The van der Waals surface area contributed by atoms with Crippen LogP contribution in [0, 0.1) is 5.82 Å². The average Bonchev–Trinajstić information content (AvgIpc) is 2.86. The second kappa shape index (κ2) is 11.3. The Morgan fingerprint density at radius 2 is 1.92 bits per heavy atom. The fourth-order valence-electron chi connectivity index (χ4n) is 4.50. The highest BCUT2D eigenvalue weighted by Gasteiger charge is 2.39. The SMILES string of the molecule is CCc1cccc(C(F)F)c1F.[B]c1nc(N)c2cc(C3(OC)CCN(C(C)=O)CC3)c(=O)n(C)c2n1. The Morgan fingerprint density at radius 3 is 2.46 bits per heavy atom. The third kappa shape index (κ3) is 5.63. The first kappa shape index (κ1) is 28.2. The van der Waals surface area contributed by atoms with Crippen LogP contribution >= 0.6 is 0 Å². The van der Waals surface area contributed by atoms with Gasteiger partial charge in [-0.1, -0.05) is 25.1 Å². The molecule has 1 saturated heterocycles. The number of carbonyl (C=O) groups is 1. The van der Waals surface area contributed by atoms with Crippen molar-refractivity contribution in [1.82, 2.24) is 19.4 Å². The van der Waals surface area contributed by atoms with Gasteiger partial charge in [-0.2, -0.15) is 0 Å². The Bertz CT molecular complexity index is 1360. The maximum atomic E-state index is 13.0. The normalized spacial score (nSPS) is 15.0. The van der Waals surface area contributed by atoms with Crippen LogP contribution < -0.4 is 17.0 Å². The molecule has 1 amide bonds. The number of hydrogen-bond acceptors (Lipinski definition) is 6. The molecular formula is C25H29BF3N5O3. The van der Waals surface area contributed by atoms with Crippen LogP contribution in [0.5, 0.6) is 0 Å². The molecule has 1 aromatic carbocycles. The first-order valence-electron chi connectivity index (χ1n) is 11.7. The number of rotatable bonds is 4. The number of amides is 1. The lowest BCUT2D eigenvalue weighted by molar-refractivity contribution is -0.135. The molecule has 0 saturated carbocycles. The summed E-state index contributed by atoms with van der Waals surface area (Å²) in [5, 5.41) is 0.553. The van der Waals surface area contributed by atoms with Crippen LogP contribution in [0.25, 0.3) is 11.0 Å². The summed E-state index contributed by atoms with van der Waals surface area (Å²) in [5.74, 6) is -0.536. The van der Waals surface area contributed by atoms with Gasteiger partial charge in [0.05, 0.1) is 22.2 Å². The Labute approximate surface area is 214 Å². The van der Waals surface area contributed by atoms with Crippen LogP contribution in [0.4, 0.5) is 19.0 Å². The molecule has 3 aromatic rings. The van der Waals surface area contributed by atoms with Crippen molar-refractivity contribution in [3.8, 4) is 0 Å². The number of benzene rings is 1. The smallest absolute Gasteiger partial charge is 0.266 e. The number of aryl methyl sites for hydroxylation is 2. The van der Waals surface area contributed by atoms with E-state index in [0.717, 1.165) is 6.07 Å². The zero-order valence-electron chi connectivity index (χ0n) is 21.2. The van der Waals surface area contributed by atoms with Gasteiger partial charge in [-0.25, -0.2) is 23.1 Å². The molecule has 2 N–H and O–H groups in total. The summed E-state index contributed by atoms with van der Waals surface area (Å²) >= 11 is 0. The molecule has 1 fully saturated rings. The zero-order valence-corrected chi connectivity index (χ0v) is 21.2. The summed E-state index contributed by atoms with van der Waals surface area (Å²) < 4.78 is 44.4. The lowest BCUT2D eigenvalue weighted by Gasteiger charge is -2.40. The van der Waals surface area contributed by atoms with Gasteiger partial charge in [0.1, 0.15) is 22.9 Å². The molecule has 12 heteroatoms. The van der Waals surface area contributed by atoms with Crippen LogP contribution in [0.1, 0.15) is 49.8 Å². The van der Waals surface area contributed by atoms with Gasteiger partial charge < -0.3 is 15.4 Å². The molecule has 4 rings (SSSR count). The zero-order chi connectivity index (χ0) is 27.5. The Balaban J connectivity index is 0.000000266. The van der Waals surface area contributed by atoms with E-state index in [9.17, 15) is 22.8 Å². The molecule has 0 spiro atoms. The number of nitrogens with zero attached hydrogens (tertiary/aromatic N) is 4. The van der Waals surface area contributed by atoms with E-state index in [1.54, 1.807) is 32.0 Å². The number of piperidine rings is 1. The molecule has 0 aliphatic carbocycles. The molecule has 37 heavy (non-hydrogen) atoms. The van der Waals surface area contributed by atoms with Crippen LogP contribution in [-0.2, 0) is 28.6 Å². The molecule has 0 unspecified atom stereocenters. The second-order valence-corrected chi connectivity index (χ2v) is 8.81. The number of alkyl halides is 2. The minimum atomic E-state index is -2.73. The summed E-state index contributed by atoms with van der Waals surface area (Å²) in [4.78, 5) is 34.4. The molecule has 0 bridgehead atoms. The van der Waals surface area contributed by atoms with Crippen LogP contribution in [0.3, 0.4) is 0 Å². The van der Waals surface area contributed by atoms with E-state index in [2.05, 4.69) is 9.97 Å². The topological polar surface area (TPSA) is 103 Å². The van der Waals surface area contributed by atoms with Gasteiger partial charge >= 0.3 is 0 Å². The van der Waals surface area contributed by atoms with E-state index in [0.29, 0.717) is 54.5 Å². The Morgan fingerprint density at radius 1 is 1.27 bits per heavy atom. The van der Waals surface area contributed by atoms with Gasteiger partial charge in [-0.3, -0.25) is 14.2 Å². The van der Waals surface area contributed by atoms with Crippen molar-refractivity contribution in [3.05, 3.63) is 57.1 Å². The highest BCUT2D eigenvalue weighted by molar-refractivity contribution is 6.29. The number of halogens is 3. The maximum absolute atomic E-state index is 13.0. The highest BCUT2D eigenvalue weighted by atomic mass is 19.3. The van der Waals surface area contributed by atoms with E-state index in [1.165, 1.54) is 23.6 Å². The number of aromatic nitrogens is 3. The van der Waals surface area contributed by atoms with Crippen molar-refractivity contribution in [3.63, 3.8) is 0 Å². The molecular weight excluding hydrogens is 486 g/mol. The third-order valence-electron chi connectivity index (χ3n) is 6.74. The first-order chi connectivity index (χ1) is 17.5. The maximum Gasteiger partial charge on any atom is 0.266 e. The minimum absolute atomic E-state index is 0.0176. The minimum Gasteiger partial charge on any atom is -0.383 e. The van der Waals surface area contributed by atoms with Gasteiger partial charge in [0.25, 0.3) is 12.0 Å². The third-order valence-corrected chi connectivity index (χ3v) is 6.74. The summed E-state index contributed by atoms with van der Waals surface area (Å²) in [6, 6.07) is 5.77. The first-order valence-corrected chi connectivity index (χ1v) is 11.7. The van der Waals surface area contributed by atoms with Gasteiger partial charge in [-0.05, 0) is 30.9 Å². The highest BCUT2D eigenvalue weighted by Crippen LogP contribution is 2.36. The van der Waals surface area contributed by atoms with E-state index < -0.39 is 23.4 Å². The number of anilines is 1. The lowest BCUT2D eigenvalue weighted by atomic mass is 9.84. The number of carbonyl (C=O) groups excluding carboxylic acids is 1. The average molecular weight is 515 g/mol. The number of pyridine rings is 1. The van der Waals surface area contributed by atoms with Crippen molar-refractivity contribution < 1.29 is 22.7 Å². The number of ether oxygens (including phenoxy) is 1. The number of methoxy groups -OCH3 is 1. The van der Waals surface area contributed by atoms with Crippen LogP contribution in [0.15, 0.2) is 29.1 Å². The molecule has 1 aliphatic rings. The van der Waals surface area contributed by atoms with Crippen LogP contribution in [0.2, 0.25) is 0 Å². The van der Waals surface area contributed by atoms with Crippen molar-refractivity contribution in [2.45, 2.75) is 45.1 Å². The van der Waals surface area contributed by atoms with Crippen LogP contribution in [-0.4, -0.2) is 53.4 Å². The summed E-state index contributed by atoms with van der Waals surface area (Å²) in [6.07, 6.45) is -1.23. The van der Waals surface area contributed by atoms with Crippen molar-refractivity contribution in [1.29, 1.82) is 0 Å². The molecule has 196 valence electrons. The molecule has 0 atom stereocenters. The number of nitrogens with two attached hydrogens (primary N) is 1. The van der Waals surface area contributed by atoms with Crippen molar-refractivity contribution in [2.75, 3.05) is 25.9 Å². The standard InChI is InChI=1S/C16H20BN5O3.C9H9F3/c1-9(23)22-6-4-16(25-3,5-7-22)11-8-10-12(18)19-15(17)20-13(10)21(2)14(11)24;1-2-6-4-3-5-7(8(6)10)9(11)12/h8H,4-7H2,1-3H3,(H2,18,19,20);3-5,9H,2H2,1H3. The van der Waals surface area contributed by atoms with E-state index >= 15 is 0 Å². The lowest BCUT2D eigenvalue weighted by Crippen LogP contribution is -2.48. The number of fused-ring (bicyclic) bond motifs is 1. The predicted molar refractivity (Wildman–Crippen MR) is 135 cm³/mol. The summed E-state index contributed by atoms with van der Waals surface area (Å²) in [6.45, 7) is 4.32. The van der Waals surface area contributed by atoms with E-state index in [-0.39, 0.29) is 23.0 Å². The summed E-state index contributed by atoms with van der Waals surface area (Å²) in [7, 11) is 8.84. The van der Waals surface area contributed by atoms with Crippen molar-refractivity contribution >= 4 is 36.3 Å². The monoisotopic (exact) mass is 515 g/mol. The van der Waals surface area contributed by atoms with Crippen molar-refractivity contribution in [2.24, 2.45) is 7.05 Å². The molecule has 3 heterocycles. The quantitative estimate of drug-likeness (QED) is 0.536. The number of likely N-dealkylation sites (tertiary alicyclic amines) is 1. The second-order valence-electron chi connectivity index (χ2n) is 8.81. The van der Waals surface area contributed by atoms with Gasteiger partial charge in [0.15, 0.2) is 7.85 Å². The van der Waals surface area contributed by atoms with Gasteiger partial charge in [0.2, 0.25) is 5.91 Å². The Kier molecular flexibility index (Phi) is 8.62. The fraction of sp³-hybridized carbons (Fsp3) is 0.440. The predicted octanol–water partition coefficient (Wildman–Crippen LogP) is 2.51.